The van der Waals surface area contributed by atoms with E-state index < -0.39 is 0 Å². The van der Waals surface area contributed by atoms with Gasteiger partial charge < -0.3 is 24.3 Å². The molecule has 1 N–H and O–H groups in total. The predicted octanol–water partition coefficient (Wildman–Crippen LogP) is 3.68. The molecule has 1 aliphatic rings. The number of fused-ring (bicyclic) bond motifs is 1. The van der Waals surface area contributed by atoms with Crippen LogP contribution in [0.2, 0.25) is 0 Å². The van der Waals surface area contributed by atoms with E-state index in [2.05, 4.69) is 5.32 Å². The summed E-state index contributed by atoms with van der Waals surface area (Å²) in [5.41, 5.74) is 1.85. The number of benzene rings is 2. The largest absolute Gasteiger partial charge is 0.490 e. The van der Waals surface area contributed by atoms with Gasteiger partial charge in [0.05, 0.1) is 25.7 Å². The summed E-state index contributed by atoms with van der Waals surface area (Å²) < 4.78 is 22.4. The van der Waals surface area contributed by atoms with Crippen molar-refractivity contribution in [1.82, 2.24) is 5.32 Å². The Hall–Kier alpha value is -2.89. The van der Waals surface area contributed by atoms with Crippen molar-refractivity contribution in [2.75, 3.05) is 26.4 Å². The molecular weight excluding hydrogens is 358 g/mol. The molecule has 0 radical (unpaired) electrons. The zero-order chi connectivity index (χ0) is 19.9. The number of nitrogens with one attached hydrogen (secondary N) is 1. The maximum atomic E-state index is 12.5. The Morgan fingerprint density at radius 2 is 1.71 bits per heavy atom. The third-order valence-electron chi connectivity index (χ3n) is 4.42. The van der Waals surface area contributed by atoms with Gasteiger partial charge >= 0.3 is 0 Å². The van der Waals surface area contributed by atoms with Crippen molar-refractivity contribution >= 4 is 5.91 Å². The van der Waals surface area contributed by atoms with Crippen LogP contribution in [0, 0.1) is 0 Å². The van der Waals surface area contributed by atoms with Gasteiger partial charge in [0.15, 0.2) is 23.0 Å². The third-order valence-corrected chi connectivity index (χ3v) is 4.42. The third kappa shape index (κ3) is 4.88. The summed E-state index contributed by atoms with van der Waals surface area (Å²) in [6.45, 7) is 8.02. The molecule has 6 nitrogen and oxygen atoms in total. The van der Waals surface area contributed by atoms with Crippen molar-refractivity contribution in [2.24, 2.45) is 0 Å². The van der Waals surface area contributed by atoms with E-state index in [1.807, 2.05) is 57.2 Å². The number of amides is 1. The van der Waals surface area contributed by atoms with Crippen LogP contribution in [0.4, 0.5) is 0 Å². The van der Waals surface area contributed by atoms with Crippen molar-refractivity contribution in [1.29, 1.82) is 0 Å². The molecule has 6 heteroatoms. The monoisotopic (exact) mass is 385 g/mol. The summed E-state index contributed by atoms with van der Waals surface area (Å²) in [4.78, 5) is 12.5. The average Bonchev–Trinajstić information content (AvgIpc) is 2.69. The molecule has 0 bridgehead atoms. The first-order chi connectivity index (χ1) is 13.6. The molecule has 2 aromatic carbocycles. The summed E-state index contributed by atoms with van der Waals surface area (Å²) in [6, 6.07) is 11.2. The lowest BCUT2D eigenvalue weighted by molar-refractivity contribution is -0.121. The van der Waals surface area contributed by atoms with Crippen molar-refractivity contribution in [2.45, 2.75) is 33.2 Å². The number of carbonyl (C=O) groups is 1. The van der Waals surface area contributed by atoms with Crippen molar-refractivity contribution in [3.8, 4) is 23.0 Å². The fourth-order valence-electron chi connectivity index (χ4n) is 3.10. The van der Waals surface area contributed by atoms with Crippen molar-refractivity contribution in [3.63, 3.8) is 0 Å². The van der Waals surface area contributed by atoms with Gasteiger partial charge in [-0.2, -0.15) is 0 Å². The summed E-state index contributed by atoms with van der Waals surface area (Å²) in [5, 5.41) is 3.04. The number of ether oxygens (including phenoxy) is 4. The van der Waals surface area contributed by atoms with Gasteiger partial charge in [0.1, 0.15) is 13.2 Å². The lowest BCUT2D eigenvalue weighted by Crippen LogP contribution is -2.28. The Balaban J connectivity index is 1.64. The zero-order valence-corrected chi connectivity index (χ0v) is 16.6. The van der Waals surface area contributed by atoms with Gasteiger partial charge in [-0.05, 0) is 56.2 Å². The molecule has 0 aromatic heterocycles. The molecular formula is C22H27NO5. The highest BCUT2D eigenvalue weighted by atomic mass is 16.6. The first kappa shape index (κ1) is 19.9. The lowest BCUT2D eigenvalue weighted by Gasteiger charge is -2.19. The number of hydrogen-bond acceptors (Lipinski definition) is 5. The van der Waals surface area contributed by atoms with Crippen LogP contribution >= 0.6 is 0 Å². The standard InChI is InChI=1S/C22H27NO5/c1-4-25-18-9-7-17(14-21(18)26-5-2)15(3)23-22(24)13-16-6-8-19-20(12-16)28-11-10-27-19/h6-9,12,14-15H,4-5,10-11,13H2,1-3H3,(H,23,24). The van der Waals surface area contributed by atoms with Crippen LogP contribution in [-0.4, -0.2) is 32.3 Å². The number of carbonyl (C=O) groups excluding carboxylic acids is 1. The first-order valence-corrected chi connectivity index (χ1v) is 9.68. The smallest absolute Gasteiger partial charge is 0.224 e. The molecule has 0 aliphatic carbocycles. The molecule has 1 atom stereocenters. The quantitative estimate of drug-likeness (QED) is 0.751. The Morgan fingerprint density at radius 3 is 2.46 bits per heavy atom. The second-order valence-electron chi connectivity index (χ2n) is 6.52. The molecule has 1 aliphatic heterocycles. The summed E-state index contributed by atoms with van der Waals surface area (Å²) in [6.07, 6.45) is 0.274. The molecule has 1 amide bonds. The first-order valence-electron chi connectivity index (χ1n) is 9.68. The van der Waals surface area contributed by atoms with E-state index in [1.54, 1.807) is 0 Å². The maximum absolute atomic E-state index is 12.5. The summed E-state index contributed by atoms with van der Waals surface area (Å²) in [5.74, 6) is 2.76. The molecule has 150 valence electrons. The van der Waals surface area contributed by atoms with Crippen molar-refractivity contribution < 1.29 is 23.7 Å². The zero-order valence-electron chi connectivity index (χ0n) is 16.6. The van der Waals surface area contributed by atoms with Gasteiger partial charge in [0.25, 0.3) is 0 Å². The lowest BCUT2D eigenvalue weighted by atomic mass is 10.1. The molecule has 3 rings (SSSR count). The van der Waals surface area contributed by atoms with E-state index in [9.17, 15) is 4.79 Å². The van der Waals surface area contributed by atoms with E-state index in [4.69, 9.17) is 18.9 Å². The highest BCUT2D eigenvalue weighted by Gasteiger charge is 2.16. The summed E-state index contributed by atoms with van der Waals surface area (Å²) >= 11 is 0. The Morgan fingerprint density at radius 1 is 1.00 bits per heavy atom. The molecule has 0 saturated carbocycles. The maximum Gasteiger partial charge on any atom is 0.224 e. The van der Waals surface area contributed by atoms with Gasteiger partial charge in [-0.1, -0.05) is 12.1 Å². The minimum atomic E-state index is -0.153. The van der Waals surface area contributed by atoms with Gasteiger partial charge in [-0.15, -0.1) is 0 Å². The van der Waals surface area contributed by atoms with Crippen molar-refractivity contribution in [3.05, 3.63) is 47.5 Å². The average molecular weight is 385 g/mol. The van der Waals surface area contributed by atoms with Crippen LogP contribution in [0.25, 0.3) is 0 Å². The molecule has 0 fully saturated rings. The van der Waals surface area contributed by atoms with E-state index in [-0.39, 0.29) is 18.4 Å². The minimum absolute atomic E-state index is 0.0592. The van der Waals surface area contributed by atoms with E-state index in [0.29, 0.717) is 43.7 Å². The van der Waals surface area contributed by atoms with Gasteiger partial charge in [-0.3, -0.25) is 4.79 Å². The van der Waals surface area contributed by atoms with Gasteiger partial charge in [0.2, 0.25) is 5.91 Å². The normalized spacial score (nSPS) is 13.5. The molecule has 0 saturated heterocycles. The molecule has 2 aromatic rings. The van der Waals surface area contributed by atoms with Gasteiger partial charge in [-0.25, -0.2) is 0 Å². The second-order valence-corrected chi connectivity index (χ2v) is 6.52. The van der Waals surface area contributed by atoms with Crippen LogP contribution in [0.1, 0.15) is 37.9 Å². The van der Waals surface area contributed by atoms with Crippen LogP contribution < -0.4 is 24.3 Å². The van der Waals surface area contributed by atoms with Crippen LogP contribution in [0.5, 0.6) is 23.0 Å². The molecule has 1 unspecified atom stereocenters. The predicted molar refractivity (Wildman–Crippen MR) is 106 cm³/mol. The molecule has 0 spiro atoms. The SMILES string of the molecule is CCOc1ccc(C(C)NC(=O)Cc2ccc3c(c2)OCCO3)cc1OCC. The van der Waals surface area contributed by atoms with Crippen LogP contribution in [-0.2, 0) is 11.2 Å². The molecule has 1 heterocycles. The van der Waals surface area contributed by atoms with Crippen LogP contribution in [0.15, 0.2) is 36.4 Å². The Bertz CT molecular complexity index is 821. The topological polar surface area (TPSA) is 66.0 Å². The fraction of sp³-hybridized carbons (Fsp3) is 0.409. The summed E-state index contributed by atoms with van der Waals surface area (Å²) in [7, 11) is 0. The Kier molecular flexibility index (Phi) is 6.63. The number of hydrogen-bond donors (Lipinski definition) is 1. The highest BCUT2D eigenvalue weighted by Crippen LogP contribution is 2.32. The van der Waals surface area contributed by atoms with E-state index >= 15 is 0 Å². The van der Waals surface area contributed by atoms with E-state index in [0.717, 1.165) is 16.9 Å². The minimum Gasteiger partial charge on any atom is -0.490 e. The van der Waals surface area contributed by atoms with Crippen LogP contribution in [0.3, 0.4) is 0 Å². The fourth-order valence-corrected chi connectivity index (χ4v) is 3.10. The Labute approximate surface area is 165 Å². The number of rotatable bonds is 8. The second kappa shape index (κ2) is 9.35. The highest BCUT2D eigenvalue weighted by molar-refractivity contribution is 5.79. The van der Waals surface area contributed by atoms with Gasteiger partial charge in [0, 0.05) is 0 Å². The molecule has 28 heavy (non-hydrogen) atoms. The van der Waals surface area contributed by atoms with E-state index in [1.165, 1.54) is 0 Å².